The Bertz CT molecular complexity index is 1660. The molecule has 0 radical (unpaired) electrons. The summed E-state index contributed by atoms with van der Waals surface area (Å²) in [6.07, 6.45) is 1.96. The van der Waals surface area contributed by atoms with E-state index in [1.807, 2.05) is 39.7 Å². The molecule has 0 saturated carbocycles. The Morgan fingerprint density at radius 2 is 1.35 bits per heavy atom. The molecule has 3 nitrogen and oxygen atoms in total. The van der Waals surface area contributed by atoms with Crippen LogP contribution in [0.25, 0.3) is 32.4 Å². The monoisotopic (exact) mass is 503 g/mol. The Kier molecular flexibility index (Phi) is 6.18. The first-order valence-electron chi connectivity index (χ1n) is 10.8. The normalized spacial score (nSPS) is 11.2. The number of nitrogens with zero attached hydrogens (tertiary/aromatic N) is 3. The molecule has 6 aromatic rings. The summed E-state index contributed by atoms with van der Waals surface area (Å²) in [5.74, 6) is 0. The van der Waals surface area contributed by atoms with Crippen LogP contribution in [0.1, 0.15) is 11.3 Å². The van der Waals surface area contributed by atoms with Gasteiger partial charge in [-0.3, -0.25) is 0 Å². The fourth-order valence-corrected chi connectivity index (χ4v) is 4.81. The molecular weight excluding hydrogens is 485 g/mol. The van der Waals surface area contributed by atoms with E-state index in [9.17, 15) is 0 Å². The van der Waals surface area contributed by atoms with Gasteiger partial charge in [-0.15, -0.1) is 0 Å². The van der Waals surface area contributed by atoms with Crippen LogP contribution in [0.15, 0.2) is 97.3 Å². The topological polar surface area (TPSA) is 21.7 Å². The number of pyridine rings is 1. The molecule has 34 heavy (non-hydrogen) atoms. The highest BCUT2D eigenvalue weighted by atomic mass is 35.5. The van der Waals surface area contributed by atoms with E-state index in [1.54, 1.807) is 0 Å². The number of para-hydroxylation sites is 1. The first-order valence-corrected chi connectivity index (χ1v) is 11.6. The first-order chi connectivity index (χ1) is 16.1. The van der Waals surface area contributed by atoms with Crippen molar-refractivity contribution in [3.8, 4) is 0 Å². The second kappa shape index (κ2) is 9.27. The molecule has 0 saturated heterocycles. The Hall–Kier alpha value is -3.11. The lowest BCUT2D eigenvalue weighted by Crippen LogP contribution is -3.00. The zero-order chi connectivity index (χ0) is 22.4. The van der Waals surface area contributed by atoms with Crippen molar-refractivity contribution in [2.24, 2.45) is 0 Å². The smallest absolute Gasteiger partial charge is 0.255 e. The minimum Gasteiger partial charge on any atom is -1.00 e. The van der Waals surface area contributed by atoms with E-state index in [4.69, 9.17) is 28.2 Å². The Balaban J connectivity index is 0.00000241. The van der Waals surface area contributed by atoms with E-state index >= 15 is 0 Å². The van der Waals surface area contributed by atoms with Crippen LogP contribution in [0.5, 0.6) is 0 Å². The van der Waals surface area contributed by atoms with Crippen LogP contribution >= 0.6 is 23.2 Å². The van der Waals surface area contributed by atoms with E-state index in [0.717, 1.165) is 16.6 Å². The van der Waals surface area contributed by atoms with Gasteiger partial charge in [0.05, 0.1) is 11.2 Å². The second-order valence-electron chi connectivity index (χ2n) is 8.33. The second-order valence-corrected chi connectivity index (χ2v) is 9.05. The summed E-state index contributed by atoms with van der Waals surface area (Å²) in [7, 11) is 0. The summed E-state index contributed by atoms with van der Waals surface area (Å²) in [6.45, 7) is 1.19. The van der Waals surface area contributed by atoms with Gasteiger partial charge in [-0.2, -0.15) is 0 Å². The van der Waals surface area contributed by atoms with Gasteiger partial charge in [0.15, 0.2) is 0 Å². The van der Waals surface area contributed by atoms with Crippen LogP contribution < -0.4 is 17.0 Å². The zero-order valence-corrected chi connectivity index (χ0v) is 20.4. The van der Waals surface area contributed by atoms with Crippen molar-refractivity contribution in [1.29, 1.82) is 0 Å². The van der Waals surface area contributed by atoms with Gasteiger partial charge >= 0.3 is 0 Å². The van der Waals surface area contributed by atoms with Crippen LogP contribution in [0, 0.1) is 0 Å². The fraction of sp³-hybridized carbons (Fsp3) is 0.0714. The minimum absolute atomic E-state index is 0. The Morgan fingerprint density at radius 3 is 2.15 bits per heavy atom. The lowest BCUT2D eigenvalue weighted by Gasteiger charge is -2.05. The molecule has 0 spiro atoms. The number of benzene rings is 4. The van der Waals surface area contributed by atoms with E-state index in [1.165, 1.54) is 27.1 Å². The maximum Gasteiger partial charge on any atom is 0.255 e. The summed E-state index contributed by atoms with van der Waals surface area (Å²) in [6, 6.07) is 31.7. The molecule has 0 aliphatic rings. The van der Waals surface area contributed by atoms with Crippen molar-refractivity contribution >= 4 is 55.6 Å². The van der Waals surface area contributed by atoms with E-state index in [0.29, 0.717) is 23.4 Å². The van der Waals surface area contributed by atoms with Crippen LogP contribution in [0.3, 0.4) is 0 Å². The zero-order valence-electron chi connectivity index (χ0n) is 18.1. The summed E-state index contributed by atoms with van der Waals surface area (Å²) in [5.41, 5.74) is 3.08. The van der Waals surface area contributed by atoms with E-state index < -0.39 is 0 Å². The van der Waals surface area contributed by atoms with Crippen molar-refractivity contribution in [1.82, 2.24) is 9.55 Å². The molecule has 0 fully saturated rings. The molecular formula is C28H20Cl3N3. The molecule has 4 aromatic carbocycles. The number of fused-ring (bicyclic) bond motifs is 3. The Labute approximate surface area is 213 Å². The molecule has 6 rings (SSSR count). The highest BCUT2D eigenvalue weighted by Crippen LogP contribution is 2.25. The number of rotatable bonds is 4. The third-order valence-corrected chi connectivity index (χ3v) is 6.95. The Morgan fingerprint density at radius 1 is 0.706 bits per heavy atom. The maximum absolute atomic E-state index is 6.61. The van der Waals surface area contributed by atoms with Crippen LogP contribution in [-0.2, 0) is 13.1 Å². The molecule has 168 valence electrons. The largest absolute Gasteiger partial charge is 1.00 e. The lowest BCUT2D eigenvalue weighted by molar-refractivity contribution is -0.685. The molecule has 0 N–H and O–H groups in total. The van der Waals surface area contributed by atoms with Gasteiger partial charge in [-0.05, 0) is 80.6 Å². The number of halogens is 3. The quantitative estimate of drug-likeness (QED) is 0.262. The van der Waals surface area contributed by atoms with Crippen molar-refractivity contribution in [2.75, 3.05) is 0 Å². The average Bonchev–Trinajstić information content (AvgIpc) is 3.10. The summed E-state index contributed by atoms with van der Waals surface area (Å²) >= 11 is 13.2. The predicted molar refractivity (Wildman–Crippen MR) is 136 cm³/mol. The molecule has 0 bridgehead atoms. The van der Waals surface area contributed by atoms with Crippen molar-refractivity contribution in [3.63, 3.8) is 0 Å². The van der Waals surface area contributed by atoms with Gasteiger partial charge in [0.25, 0.3) is 10.3 Å². The predicted octanol–water partition coefficient (Wildman–Crippen LogP) is 4.04. The summed E-state index contributed by atoms with van der Waals surface area (Å²) in [4.78, 5) is 4.76. The van der Waals surface area contributed by atoms with Gasteiger partial charge in [-0.25, -0.2) is 14.1 Å². The molecule has 0 amide bonds. The maximum atomic E-state index is 6.61. The SMILES string of the molecule is Clc1c(Cl)[n+](Cc2ccc3cc4ccccc4cc3c2)cn1Cc1ccc2ccccc2n1.[Cl-]. The molecule has 0 atom stereocenters. The van der Waals surface area contributed by atoms with Gasteiger partial charge in [0.2, 0.25) is 6.33 Å². The molecule has 6 heteroatoms. The van der Waals surface area contributed by atoms with Crippen molar-refractivity contribution < 1.29 is 17.0 Å². The van der Waals surface area contributed by atoms with Gasteiger partial charge in [0, 0.05) is 5.39 Å². The first kappa shape index (κ1) is 22.7. The summed E-state index contributed by atoms with van der Waals surface area (Å²) in [5, 5.41) is 7.10. The fourth-order valence-electron chi connectivity index (χ4n) is 4.38. The van der Waals surface area contributed by atoms with Crippen LogP contribution in [0.4, 0.5) is 0 Å². The molecule has 0 unspecified atom stereocenters. The molecule has 0 aliphatic heterocycles. The van der Waals surface area contributed by atoms with Gasteiger partial charge in [-0.1, -0.05) is 60.7 Å². The number of hydrogen-bond acceptors (Lipinski definition) is 1. The van der Waals surface area contributed by atoms with Gasteiger partial charge in [0.1, 0.15) is 13.1 Å². The standard InChI is InChI=1S/C28H20Cl2N3.ClH/c29-27-28(30)33(17-25-12-11-20-5-3-4-8-26(20)31-25)18-32(27)16-19-9-10-23-14-21-6-1-2-7-22(21)15-24(23)13-19;/h1-15,18H,16-17H2;1H/q+1;/p-1. The number of aromatic nitrogens is 3. The third kappa shape index (κ3) is 4.23. The molecule has 0 aliphatic carbocycles. The lowest BCUT2D eigenvalue weighted by atomic mass is 10.0. The average molecular weight is 505 g/mol. The minimum atomic E-state index is 0. The van der Waals surface area contributed by atoms with Crippen LogP contribution in [0.2, 0.25) is 10.3 Å². The number of imidazole rings is 1. The highest BCUT2D eigenvalue weighted by Gasteiger charge is 2.21. The van der Waals surface area contributed by atoms with E-state index in [-0.39, 0.29) is 12.4 Å². The number of hydrogen-bond donors (Lipinski definition) is 0. The summed E-state index contributed by atoms with van der Waals surface area (Å²) < 4.78 is 3.92. The highest BCUT2D eigenvalue weighted by molar-refractivity contribution is 6.39. The van der Waals surface area contributed by atoms with Crippen LogP contribution in [-0.4, -0.2) is 9.55 Å². The van der Waals surface area contributed by atoms with Crippen molar-refractivity contribution in [2.45, 2.75) is 13.1 Å². The van der Waals surface area contributed by atoms with E-state index in [2.05, 4.69) is 66.7 Å². The van der Waals surface area contributed by atoms with Gasteiger partial charge < -0.3 is 12.4 Å². The molecule has 2 aromatic heterocycles. The molecule has 2 heterocycles. The third-order valence-electron chi connectivity index (χ3n) is 6.06. The van der Waals surface area contributed by atoms with Crippen molar-refractivity contribution in [3.05, 3.63) is 119 Å².